The summed E-state index contributed by atoms with van der Waals surface area (Å²) in [5, 5.41) is 2.76. The molecule has 2 aromatic heterocycles. The zero-order valence-corrected chi connectivity index (χ0v) is 13.9. The molecular formula is C14H13ClF6N6. The Bertz CT molecular complexity index is 970. The van der Waals surface area contributed by atoms with Crippen molar-refractivity contribution in [3.8, 4) is 11.5 Å². The number of anilines is 2. The molecule has 6 nitrogen and oxygen atoms in total. The number of hydrogen-bond donors (Lipinski definition) is 2. The van der Waals surface area contributed by atoms with Crippen LogP contribution in [0, 0.1) is 0 Å². The van der Waals surface area contributed by atoms with Crippen molar-refractivity contribution in [1.29, 1.82) is 0 Å². The fraction of sp³-hybridized carbons (Fsp3) is 0.429. The molecule has 0 amide bonds. The Kier molecular flexibility index (Phi) is 4.18. The van der Waals surface area contributed by atoms with Gasteiger partial charge in [-0.3, -0.25) is 0 Å². The maximum absolute atomic E-state index is 13.2. The molecule has 0 aliphatic carbocycles. The normalized spacial score (nSPS) is 18.9. The molecule has 13 heteroatoms. The maximum atomic E-state index is 13.2. The van der Waals surface area contributed by atoms with Gasteiger partial charge in [0.05, 0.1) is 2.74 Å². The third-order valence-electron chi connectivity index (χ3n) is 2.85. The highest BCUT2D eigenvalue weighted by Gasteiger charge is 2.38. The van der Waals surface area contributed by atoms with Crippen LogP contribution in [0.1, 0.15) is 20.6 Å². The zero-order valence-electron chi connectivity index (χ0n) is 18.2. The zero-order chi connectivity index (χ0) is 24.7. The van der Waals surface area contributed by atoms with Gasteiger partial charge in [-0.15, -0.1) is 0 Å². The van der Waals surface area contributed by atoms with Gasteiger partial charge in [-0.1, -0.05) is 17.7 Å². The molecule has 2 atom stereocenters. The molecule has 0 bridgehead atoms. The molecule has 0 saturated heterocycles. The molecule has 2 rings (SSSR count). The second-order valence-corrected chi connectivity index (χ2v) is 5.30. The molecule has 2 N–H and O–H groups in total. The predicted octanol–water partition coefficient (Wildman–Crippen LogP) is 4.31. The Morgan fingerprint density at radius 2 is 1.70 bits per heavy atom. The number of rotatable bonds is 5. The van der Waals surface area contributed by atoms with Crippen LogP contribution >= 0.6 is 11.6 Å². The number of pyridine rings is 1. The van der Waals surface area contributed by atoms with Gasteiger partial charge >= 0.3 is 12.4 Å². The quantitative estimate of drug-likeness (QED) is 0.555. The third kappa shape index (κ3) is 5.81. The third-order valence-corrected chi connectivity index (χ3v) is 3.05. The number of nitrogens with one attached hydrogen (secondary N) is 2. The van der Waals surface area contributed by atoms with Crippen LogP contribution in [-0.2, 0) is 0 Å². The van der Waals surface area contributed by atoms with Crippen molar-refractivity contribution in [2.24, 2.45) is 0 Å². The van der Waals surface area contributed by atoms with E-state index in [1.165, 1.54) is 5.32 Å². The Morgan fingerprint density at radius 1 is 1.07 bits per heavy atom. The fourth-order valence-corrected chi connectivity index (χ4v) is 1.70. The van der Waals surface area contributed by atoms with E-state index in [1.807, 2.05) is 0 Å². The highest BCUT2D eigenvalue weighted by atomic mass is 35.5. The van der Waals surface area contributed by atoms with Crippen molar-refractivity contribution in [3.63, 3.8) is 0 Å². The van der Waals surface area contributed by atoms with Crippen LogP contribution in [0.5, 0.6) is 0 Å². The van der Waals surface area contributed by atoms with E-state index in [-0.39, 0.29) is 16.9 Å². The van der Waals surface area contributed by atoms with Gasteiger partial charge in [-0.25, -0.2) is 4.98 Å². The molecule has 0 saturated carbocycles. The first-order chi connectivity index (χ1) is 14.3. The van der Waals surface area contributed by atoms with Gasteiger partial charge in [0.2, 0.25) is 11.9 Å². The van der Waals surface area contributed by atoms with Gasteiger partial charge in [-0.2, -0.15) is 41.3 Å². The van der Waals surface area contributed by atoms with E-state index < -0.39 is 49.0 Å². The number of halogens is 7. The lowest BCUT2D eigenvalue weighted by atomic mass is 10.3. The molecular weight excluding hydrogens is 402 g/mol. The smallest absolute Gasteiger partial charge is 0.343 e. The Hall–Kier alpha value is -2.37. The number of aromatic nitrogens is 4. The Morgan fingerprint density at radius 3 is 2.22 bits per heavy atom. The van der Waals surface area contributed by atoms with Crippen LogP contribution < -0.4 is 10.6 Å². The molecule has 0 fully saturated rings. The minimum absolute atomic E-state index is 0.239. The fourth-order valence-electron chi connectivity index (χ4n) is 1.55. The Labute approximate surface area is 161 Å². The first kappa shape index (κ1) is 14.7. The summed E-state index contributed by atoms with van der Waals surface area (Å²) in [6, 6.07) is -4.57. The minimum Gasteiger partial charge on any atom is -0.343 e. The summed E-state index contributed by atoms with van der Waals surface area (Å²) in [5.74, 6) is -2.65. The standard InChI is InChI=1S/C14H13ClF6N6/c1-6(13(16,17)18)22-11-25-10(8-4-3-5-9(15)24-8)26-12(27-11)23-7(2)14(19,20)21/h3-7H,1-2H3,(H2,22,23,25,26,27)/i1D3,5D,7D. The van der Waals surface area contributed by atoms with E-state index in [1.54, 1.807) is 5.32 Å². The first-order valence-electron chi connectivity index (χ1n) is 9.39. The van der Waals surface area contributed by atoms with Crippen LogP contribution in [0.3, 0.4) is 0 Å². The van der Waals surface area contributed by atoms with Crippen LogP contribution in [0.15, 0.2) is 18.2 Å². The molecule has 27 heavy (non-hydrogen) atoms. The minimum atomic E-state index is -5.31. The second kappa shape index (κ2) is 7.71. The van der Waals surface area contributed by atoms with Crippen molar-refractivity contribution in [1.82, 2.24) is 19.9 Å². The summed E-state index contributed by atoms with van der Waals surface area (Å²) < 4.78 is 115. The summed E-state index contributed by atoms with van der Waals surface area (Å²) in [6.45, 7) is -3.22. The van der Waals surface area contributed by atoms with Gasteiger partial charge in [0.15, 0.2) is 5.82 Å². The summed E-state index contributed by atoms with van der Waals surface area (Å²) in [7, 11) is 0. The summed E-state index contributed by atoms with van der Waals surface area (Å²) >= 11 is 5.71. The van der Waals surface area contributed by atoms with Crippen molar-refractivity contribution >= 4 is 23.5 Å². The highest BCUT2D eigenvalue weighted by Crippen LogP contribution is 2.26. The van der Waals surface area contributed by atoms with Crippen molar-refractivity contribution in [2.45, 2.75) is 38.2 Å². The maximum Gasteiger partial charge on any atom is 0.408 e. The molecule has 0 aromatic carbocycles. The van der Waals surface area contributed by atoms with Gasteiger partial charge in [-0.05, 0) is 25.9 Å². The van der Waals surface area contributed by atoms with E-state index in [0.29, 0.717) is 6.92 Å². The van der Waals surface area contributed by atoms with Crippen LogP contribution in [0.2, 0.25) is 5.15 Å². The van der Waals surface area contributed by atoms with Gasteiger partial charge < -0.3 is 10.6 Å². The van der Waals surface area contributed by atoms with Gasteiger partial charge in [0.1, 0.15) is 22.9 Å². The van der Waals surface area contributed by atoms with E-state index in [2.05, 4.69) is 19.9 Å². The van der Waals surface area contributed by atoms with Crippen LogP contribution in [0.25, 0.3) is 11.5 Å². The molecule has 2 heterocycles. The molecule has 148 valence electrons. The molecule has 2 unspecified atom stereocenters. The molecule has 2 aromatic rings. The van der Waals surface area contributed by atoms with Crippen molar-refractivity contribution < 1.29 is 33.2 Å². The number of hydrogen-bond acceptors (Lipinski definition) is 6. The van der Waals surface area contributed by atoms with Crippen molar-refractivity contribution in [2.75, 3.05) is 10.6 Å². The van der Waals surface area contributed by atoms with Gasteiger partial charge in [0.25, 0.3) is 0 Å². The SMILES string of the molecule is [2H]c1ccc(-c2nc(NC(C([2H])([2H])[2H])C(F)(F)F)nc(NC([2H])(C)C(F)(F)F)n2)nc1Cl. The average Bonchev–Trinajstić information content (AvgIpc) is 2.58. The molecule has 0 aliphatic heterocycles. The van der Waals surface area contributed by atoms with E-state index >= 15 is 0 Å². The monoisotopic (exact) mass is 419 g/mol. The summed E-state index contributed by atoms with van der Waals surface area (Å²) in [5.41, 5.74) is -0.268. The Balaban J connectivity index is 2.61. The summed E-state index contributed by atoms with van der Waals surface area (Å²) in [4.78, 5) is 14.3. The average molecular weight is 420 g/mol. The topological polar surface area (TPSA) is 75.6 Å². The predicted molar refractivity (Wildman–Crippen MR) is 86.3 cm³/mol. The molecule has 0 aliphatic rings. The second-order valence-electron chi connectivity index (χ2n) is 4.94. The lowest BCUT2D eigenvalue weighted by Crippen LogP contribution is -2.35. The van der Waals surface area contributed by atoms with Gasteiger partial charge in [0, 0.05) is 4.11 Å². The first-order valence-corrected chi connectivity index (χ1v) is 7.27. The lowest BCUT2D eigenvalue weighted by Gasteiger charge is -2.20. The molecule has 0 radical (unpaired) electrons. The number of nitrogens with zero attached hydrogens (tertiary/aromatic N) is 4. The number of alkyl halides is 6. The van der Waals surface area contributed by atoms with Crippen molar-refractivity contribution in [3.05, 3.63) is 23.3 Å². The van der Waals surface area contributed by atoms with Crippen LogP contribution in [0.4, 0.5) is 38.2 Å². The highest BCUT2D eigenvalue weighted by molar-refractivity contribution is 6.29. The van der Waals surface area contributed by atoms with E-state index in [9.17, 15) is 26.3 Å². The van der Waals surface area contributed by atoms with Crippen LogP contribution in [-0.4, -0.2) is 44.3 Å². The van der Waals surface area contributed by atoms with E-state index in [0.717, 1.165) is 12.1 Å². The lowest BCUT2D eigenvalue weighted by molar-refractivity contribution is -0.139. The molecule has 0 spiro atoms. The largest absolute Gasteiger partial charge is 0.408 e. The van der Waals surface area contributed by atoms with E-state index in [4.69, 9.17) is 18.5 Å². The summed E-state index contributed by atoms with van der Waals surface area (Å²) in [6.07, 6.45) is -10.5.